The van der Waals surface area contributed by atoms with Crippen molar-refractivity contribution >= 4 is 39.5 Å². The zero-order valence-corrected chi connectivity index (χ0v) is 12.9. The SMILES string of the molecule is CCOC(=O)c1c[nH]c2ncnc(Nc3ccc4occc4c3)c12. The molecule has 0 bridgehead atoms. The highest BCUT2D eigenvalue weighted by molar-refractivity contribution is 6.07. The third kappa shape index (κ3) is 2.36. The summed E-state index contributed by atoms with van der Waals surface area (Å²) in [6.07, 6.45) is 4.66. The van der Waals surface area contributed by atoms with Crippen LogP contribution in [0.1, 0.15) is 17.3 Å². The molecule has 1 aromatic carbocycles. The number of anilines is 2. The molecule has 7 heteroatoms. The second-order valence-corrected chi connectivity index (χ2v) is 5.17. The number of rotatable bonds is 4. The molecule has 0 amide bonds. The molecule has 0 aliphatic carbocycles. The normalized spacial score (nSPS) is 11.0. The van der Waals surface area contributed by atoms with Gasteiger partial charge in [0.25, 0.3) is 0 Å². The Kier molecular flexibility index (Phi) is 3.38. The lowest BCUT2D eigenvalue weighted by Gasteiger charge is -2.08. The molecular formula is C17H14N4O3. The number of furan rings is 1. The zero-order chi connectivity index (χ0) is 16.5. The lowest BCUT2D eigenvalue weighted by atomic mass is 10.2. The lowest BCUT2D eigenvalue weighted by molar-refractivity contribution is 0.0528. The van der Waals surface area contributed by atoms with Crippen molar-refractivity contribution < 1.29 is 13.9 Å². The fourth-order valence-electron chi connectivity index (χ4n) is 2.61. The van der Waals surface area contributed by atoms with Gasteiger partial charge in [0.1, 0.15) is 23.4 Å². The van der Waals surface area contributed by atoms with Crippen LogP contribution < -0.4 is 5.32 Å². The van der Waals surface area contributed by atoms with Gasteiger partial charge < -0.3 is 19.5 Å². The van der Waals surface area contributed by atoms with E-state index < -0.39 is 5.97 Å². The maximum atomic E-state index is 12.1. The Hall–Kier alpha value is -3.35. The van der Waals surface area contributed by atoms with Crippen LogP contribution in [0.25, 0.3) is 22.0 Å². The summed E-state index contributed by atoms with van der Waals surface area (Å²) in [6, 6.07) is 7.59. The van der Waals surface area contributed by atoms with E-state index in [-0.39, 0.29) is 0 Å². The molecule has 7 nitrogen and oxygen atoms in total. The minimum atomic E-state index is -0.410. The Morgan fingerprint density at radius 1 is 1.33 bits per heavy atom. The molecule has 3 aromatic heterocycles. The highest BCUT2D eigenvalue weighted by Gasteiger charge is 2.18. The first-order valence-electron chi connectivity index (χ1n) is 7.49. The number of esters is 1. The van der Waals surface area contributed by atoms with Gasteiger partial charge in [-0.2, -0.15) is 0 Å². The largest absolute Gasteiger partial charge is 0.464 e. The van der Waals surface area contributed by atoms with Crippen molar-refractivity contribution in [1.82, 2.24) is 15.0 Å². The van der Waals surface area contributed by atoms with Crippen LogP contribution in [0.2, 0.25) is 0 Å². The van der Waals surface area contributed by atoms with Crippen LogP contribution >= 0.6 is 0 Å². The number of nitrogens with zero attached hydrogens (tertiary/aromatic N) is 2. The number of ether oxygens (including phenoxy) is 1. The van der Waals surface area contributed by atoms with Gasteiger partial charge in [-0.3, -0.25) is 0 Å². The number of aromatic amines is 1. The van der Waals surface area contributed by atoms with Crippen LogP contribution in [0.5, 0.6) is 0 Å². The molecule has 0 aliphatic heterocycles. The summed E-state index contributed by atoms with van der Waals surface area (Å²) in [4.78, 5) is 23.5. The molecule has 24 heavy (non-hydrogen) atoms. The molecule has 0 spiro atoms. The van der Waals surface area contributed by atoms with Crippen molar-refractivity contribution in [2.24, 2.45) is 0 Å². The molecule has 0 saturated carbocycles. The highest BCUT2D eigenvalue weighted by atomic mass is 16.5. The van der Waals surface area contributed by atoms with Gasteiger partial charge in [-0.15, -0.1) is 0 Å². The van der Waals surface area contributed by atoms with Gasteiger partial charge >= 0.3 is 5.97 Å². The van der Waals surface area contributed by atoms with Crippen molar-refractivity contribution in [3.8, 4) is 0 Å². The summed E-state index contributed by atoms with van der Waals surface area (Å²) in [7, 11) is 0. The number of hydrogen-bond donors (Lipinski definition) is 2. The van der Waals surface area contributed by atoms with Gasteiger partial charge in [-0.1, -0.05) is 0 Å². The molecule has 120 valence electrons. The molecule has 0 fully saturated rings. The fourth-order valence-corrected chi connectivity index (χ4v) is 2.61. The number of benzene rings is 1. The minimum Gasteiger partial charge on any atom is -0.464 e. The maximum Gasteiger partial charge on any atom is 0.340 e. The van der Waals surface area contributed by atoms with E-state index in [2.05, 4.69) is 20.3 Å². The van der Waals surface area contributed by atoms with Crippen LogP contribution in [-0.2, 0) is 4.74 Å². The van der Waals surface area contributed by atoms with E-state index in [0.717, 1.165) is 16.7 Å². The quantitative estimate of drug-likeness (QED) is 0.557. The van der Waals surface area contributed by atoms with Gasteiger partial charge in [-0.05, 0) is 31.2 Å². The number of aromatic nitrogens is 3. The molecule has 0 unspecified atom stereocenters. The Morgan fingerprint density at radius 3 is 3.12 bits per heavy atom. The molecule has 2 N–H and O–H groups in total. The first-order valence-corrected chi connectivity index (χ1v) is 7.49. The van der Waals surface area contributed by atoms with Crippen LogP contribution in [-0.4, -0.2) is 27.5 Å². The van der Waals surface area contributed by atoms with Gasteiger partial charge in [0.15, 0.2) is 0 Å². The first kappa shape index (κ1) is 14.3. The Morgan fingerprint density at radius 2 is 2.25 bits per heavy atom. The maximum absolute atomic E-state index is 12.1. The zero-order valence-electron chi connectivity index (χ0n) is 12.9. The topological polar surface area (TPSA) is 93.0 Å². The van der Waals surface area contributed by atoms with Crippen molar-refractivity contribution in [2.75, 3.05) is 11.9 Å². The minimum absolute atomic E-state index is 0.305. The molecule has 3 heterocycles. The molecule has 0 aliphatic rings. The van der Waals surface area contributed by atoms with Gasteiger partial charge in [-0.25, -0.2) is 14.8 Å². The number of carbonyl (C=O) groups excluding carboxylic acids is 1. The first-order chi connectivity index (χ1) is 11.8. The summed E-state index contributed by atoms with van der Waals surface area (Å²) in [5.41, 5.74) is 2.61. The second-order valence-electron chi connectivity index (χ2n) is 5.17. The van der Waals surface area contributed by atoms with E-state index in [1.165, 1.54) is 6.33 Å². The second kappa shape index (κ2) is 5.69. The summed E-state index contributed by atoms with van der Waals surface area (Å²) >= 11 is 0. The van der Waals surface area contributed by atoms with Gasteiger partial charge in [0, 0.05) is 17.3 Å². The monoisotopic (exact) mass is 322 g/mol. The number of hydrogen-bond acceptors (Lipinski definition) is 6. The number of fused-ring (bicyclic) bond motifs is 2. The summed E-state index contributed by atoms with van der Waals surface area (Å²) in [5, 5.41) is 4.81. The average molecular weight is 322 g/mol. The molecule has 0 saturated heterocycles. The average Bonchev–Trinajstić information content (AvgIpc) is 3.21. The smallest absolute Gasteiger partial charge is 0.340 e. The summed E-state index contributed by atoms with van der Waals surface area (Å²) in [5.74, 6) is 0.124. The van der Waals surface area contributed by atoms with Crippen molar-refractivity contribution in [3.63, 3.8) is 0 Å². The molecular weight excluding hydrogens is 308 g/mol. The summed E-state index contributed by atoms with van der Waals surface area (Å²) < 4.78 is 10.4. The summed E-state index contributed by atoms with van der Waals surface area (Å²) in [6.45, 7) is 2.07. The van der Waals surface area contributed by atoms with Crippen molar-refractivity contribution in [1.29, 1.82) is 0 Å². The molecule has 4 aromatic rings. The standard InChI is InChI=1S/C17H14N4O3/c1-2-23-17(22)12-8-18-15-14(12)16(20-9-19-15)21-11-3-4-13-10(7-11)5-6-24-13/h3-9H,2H2,1H3,(H2,18,19,20,21). The lowest BCUT2D eigenvalue weighted by Crippen LogP contribution is -2.05. The van der Waals surface area contributed by atoms with E-state index in [9.17, 15) is 4.79 Å². The Balaban J connectivity index is 1.77. The highest BCUT2D eigenvalue weighted by Crippen LogP contribution is 2.28. The van der Waals surface area contributed by atoms with E-state index in [4.69, 9.17) is 9.15 Å². The fraction of sp³-hybridized carbons (Fsp3) is 0.118. The third-order valence-electron chi connectivity index (χ3n) is 3.68. The van der Waals surface area contributed by atoms with Crippen LogP contribution in [0.4, 0.5) is 11.5 Å². The van der Waals surface area contributed by atoms with E-state index in [0.29, 0.717) is 29.0 Å². The molecule has 0 radical (unpaired) electrons. The van der Waals surface area contributed by atoms with Crippen LogP contribution in [0.15, 0.2) is 47.5 Å². The molecule has 4 rings (SSSR count). The molecule has 0 atom stereocenters. The van der Waals surface area contributed by atoms with E-state index >= 15 is 0 Å². The number of carbonyl (C=O) groups is 1. The van der Waals surface area contributed by atoms with E-state index in [1.54, 1.807) is 19.4 Å². The number of H-pyrrole nitrogens is 1. The van der Waals surface area contributed by atoms with Crippen molar-refractivity contribution in [2.45, 2.75) is 6.92 Å². The van der Waals surface area contributed by atoms with Crippen molar-refractivity contribution in [3.05, 3.63) is 48.6 Å². The van der Waals surface area contributed by atoms with Crippen LogP contribution in [0, 0.1) is 0 Å². The Labute approximate surface area is 136 Å². The predicted octanol–water partition coefficient (Wildman–Crippen LogP) is 3.62. The van der Waals surface area contributed by atoms with Crippen LogP contribution in [0.3, 0.4) is 0 Å². The van der Waals surface area contributed by atoms with E-state index in [1.807, 2.05) is 24.3 Å². The Bertz CT molecular complexity index is 1030. The van der Waals surface area contributed by atoms with Gasteiger partial charge in [0.2, 0.25) is 0 Å². The third-order valence-corrected chi connectivity index (χ3v) is 3.68. The van der Waals surface area contributed by atoms with Gasteiger partial charge in [0.05, 0.1) is 23.8 Å². The number of nitrogens with one attached hydrogen (secondary N) is 2. The predicted molar refractivity (Wildman–Crippen MR) is 89.3 cm³/mol.